The Morgan fingerprint density at radius 1 is 1.00 bits per heavy atom. The van der Waals surface area contributed by atoms with Crippen LogP contribution in [0.15, 0.2) is 42.5 Å². The van der Waals surface area contributed by atoms with Gasteiger partial charge in [-0.25, -0.2) is 0 Å². The van der Waals surface area contributed by atoms with Gasteiger partial charge in [0.15, 0.2) is 6.10 Å². The van der Waals surface area contributed by atoms with Crippen molar-refractivity contribution < 1.29 is 14.3 Å². The number of aryl methyl sites for hydroxylation is 2. The summed E-state index contributed by atoms with van der Waals surface area (Å²) in [6, 6.07) is 13.7. The SMILES string of the molecule is CCC(Oc1ccc(C)c(C)c1)C(=O)NCc1cccc(OC(C)C)c1. The Balaban J connectivity index is 1.95. The minimum Gasteiger partial charge on any atom is -0.491 e. The topological polar surface area (TPSA) is 47.6 Å². The highest BCUT2D eigenvalue weighted by Gasteiger charge is 2.18. The lowest BCUT2D eigenvalue weighted by molar-refractivity contribution is -0.128. The van der Waals surface area contributed by atoms with E-state index in [1.807, 2.05) is 70.2 Å². The number of carbonyl (C=O) groups excluding carboxylic acids is 1. The van der Waals surface area contributed by atoms with Crippen LogP contribution in [0.3, 0.4) is 0 Å². The molecule has 0 aliphatic heterocycles. The summed E-state index contributed by atoms with van der Waals surface area (Å²) >= 11 is 0. The van der Waals surface area contributed by atoms with Crippen LogP contribution in [0.25, 0.3) is 0 Å². The molecule has 140 valence electrons. The molecule has 4 nitrogen and oxygen atoms in total. The largest absolute Gasteiger partial charge is 0.491 e. The van der Waals surface area contributed by atoms with Gasteiger partial charge in [-0.05, 0) is 75.1 Å². The lowest BCUT2D eigenvalue weighted by Crippen LogP contribution is -2.37. The molecule has 2 rings (SSSR count). The highest BCUT2D eigenvalue weighted by molar-refractivity contribution is 5.81. The van der Waals surface area contributed by atoms with Crippen molar-refractivity contribution >= 4 is 5.91 Å². The highest BCUT2D eigenvalue weighted by Crippen LogP contribution is 2.19. The van der Waals surface area contributed by atoms with Crippen molar-refractivity contribution in [1.29, 1.82) is 0 Å². The number of hydrogen-bond donors (Lipinski definition) is 1. The Labute approximate surface area is 156 Å². The summed E-state index contributed by atoms with van der Waals surface area (Å²) in [5, 5.41) is 2.96. The van der Waals surface area contributed by atoms with Crippen LogP contribution in [0, 0.1) is 13.8 Å². The zero-order valence-corrected chi connectivity index (χ0v) is 16.3. The smallest absolute Gasteiger partial charge is 0.261 e. The van der Waals surface area contributed by atoms with Crippen LogP contribution in [-0.2, 0) is 11.3 Å². The second-order valence-corrected chi connectivity index (χ2v) is 6.79. The first kappa shape index (κ1) is 19.8. The molecular formula is C22H29NO3. The maximum Gasteiger partial charge on any atom is 0.261 e. The van der Waals surface area contributed by atoms with E-state index in [1.165, 1.54) is 5.56 Å². The van der Waals surface area contributed by atoms with Gasteiger partial charge >= 0.3 is 0 Å². The fraction of sp³-hybridized carbons (Fsp3) is 0.409. The predicted octanol–water partition coefficient (Wildman–Crippen LogP) is 4.56. The Kier molecular flexibility index (Phi) is 7.07. The highest BCUT2D eigenvalue weighted by atomic mass is 16.5. The first-order chi connectivity index (χ1) is 12.4. The van der Waals surface area contributed by atoms with Gasteiger partial charge in [0.1, 0.15) is 11.5 Å². The molecule has 2 aromatic carbocycles. The van der Waals surface area contributed by atoms with E-state index < -0.39 is 6.10 Å². The van der Waals surface area contributed by atoms with Gasteiger partial charge in [0, 0.05) is 6.54 Å². The molecule has 0 fully saturated rings. The molecule has 0 radical (unpaired) electrons. The summed E-state index contributed by atoms with van der Waals surface area (Å²) in [6.45, 7) is 10.5. The number of amides is 1. The van der Waals surface area contributed by atoms with Gasteiger partial charge in [0.2, 0.25) is 0 Å². The van der Waals surface area contributed by atoms with Crippen LogP contribution in [-0.4, -0.2) is 18.1 Å². The average Bonchev–Trinajstić information content (AvgIpc) is 2.60. The molecule has 26 heavy (non-hydrogen) atoms. The molecule has 1 N–H and O–H groups in total. The predicted molar refractivity (Wildman–Crippen MR) is 105 cm³/mol. The Hall–Kier alpha value is -2.49. The molecule has 0 spiro atoms. The summed E-state index contributed by atoms with van der Waals surface area (Å²) in [6.07, 6.45) is 0.220. The number of rotatable bonds is 8. The van der Waals surface area contributed by atoms with E-state index in [2.05, 4.69) is 12.2 Å². The van der Waals surface area contributed by atoms with Gasteiger partial charge in [0.05, 0.1) is 6.10 Å². The van der Waals surface area contributed by atoms with E-state index in [9.17, 15) is 4.79 Å². The second kappa shape index (κ2) is 9.27. The van der Waals surface area contributed by atoms with E-state index >= 15 is 0 Å². The first-order valence-corrected chi connectivity index (χ1v) is 9.16. The zero-order chi connectivity index (χ0) is 19.1. The number of nitrogens with one attached hydrogen (secondary N) is 1. The van der Waals surface area contributed by atoms with Crippen molar-refractivity contribution in [1.82, 2.24) is 5.32 Å². The van der Waals surface area contributed by atoms with E-state index in [4.69, 9.17) is 9.47 Å². The second-order valence-electron chi connectivity index (χ2n) is 6.79. The van der Waals surface area contributed by atoms with Gasteiger partial charge in [-0.1, -0.05) is 25.1 Å². The van der Waals surface area contributed by atoms with Crippen molar-refractivity contribution in [3.8, 4) is 11.5 Å². The molecule has 1 unspecified atom stereocenters. The van der Waals surface area contributed by atoms with E-state index in [-0.39, 0.29) is 12.0 Å². The maximum absolute atomic E-state index is 12.5. The van der Waals surface area contributed by atoms with Crippen LogP contribution in [0.5, 0.6) is 11.5 Å². The molecule has 0 heterocycles. The van der Waals surface area contributed by atoms with Crippen LogP contribution in [0.2, 0.25) is 0 Å². The third kappa shape index (κ3) is 5.80. The third-order valence-corrected chi connectivity index (χ3v) is 4.16. The molecule has 0 saturated heterocycles. The lowest BCUT2D eigenvalue weighted by Gasteiger charge is -2.18. The minimum absolute atomic E-state index is 0.110. The van der Waals surface area contributed by atoms with E-state index in [0.717, 1.165) is 22.6 Å². The zero-order valence-electron chi connectivity index (χ0n) is 16.3. The van der Waals surface area contributed by atoms with Gasteiger partial charge in [-0.3, -0.25) is 4.79 Å². The standard InChI is InChI=1S/C22H29NO3/c1-6-21(26-20-11-10-16(4)17(5)12-20)22(24)23-14-18-8-7-9-19(13-18)25-15(2)3/h7-13,15,21H,6,14H2,1-5H3,(H,23,24). The molecule has 0 aromatic heterocycles. The molecule has 0 saturated carbocycles. The van der Waals surface area contributed by atoms with Crippen molar-refractivity contribution in [2.75, 3.05) is 0 Å². The normalized spacial score (nSPS) is 11.9. The van der Waals surface area contributed by atoms with Gasteiger partial charge in [-0.15, -0.1) is 0 Å². The molecule has 1 atom stereocenters. The van der Waals surface area contributed by atoms with Crippen LogP contribution >= 0.6 is 0 Å². The first-order valence-electron chi connectivity index (χ1n) is 9.16. The maximum atomic E-state index is 12.5. The van der Waals surface area contributed by atoms with Crippen LogP contribution < -0.4 is 14.8 Å². The Morgan fingerprint density at radius 3 is 2.38 bits per heavy atom. The van der Waals surface area contributed by atoms with E-state index in [0.29, 0.717) is 13.0 Å². The molecule has 0 bridgehead atoms. The quantitative estimate of drug-likeness (QED) is 0.755. The number of ether oxygens (including phenoxy) is 2. The van der Waals surface area contributed by atoms with Gasteiger partial charge in [0.25, 0.3) is 5.91 Å². The molecular weight excluding hydrogens is 326 g/mol. The Bertz CT molecular complexity index is 740. The summed E-state index contributed by atoms with van der Waals surface area (Å²) < 4.78 is 11.6. The fourth-order valence-electron chi connectivity index (χ4n) is 2.58. The van der Waals surface area contributed by atoms with Crippen LogP contribution in [0.4, 0.5) is 0 Å². The summed E-state index contributed by atoms with van der Waals surface area (Å²) in [5.41, 5.74) is 3.36. The number of carbonyl (C=O) groups is 1. The van der Waals surface area contributed by atoms with Crippen molar-refractivity contribution in [3.05, 3.63) is 59.2 Å². The van der Waals surface area contributed by atoms with Crippen molar-refractivity contribution in [2.24, 2.45) is 0 Å². The average molecular weight is 355 g/mol. The molecule has 0 aliphatic carbocycles. The van der Waals surface area contributed by atoms with Gasteiger partial charge < -0.3 is 14.8 Å². The van der Waals surface area contributed by atoms with Crippen LogP contribution in [0.1, 0.15) is 43.9 Å². The summed E-state index contributed by atoms with van der Waals surface area (Å²) in [7, 11) is 0. The summed E-state index contributed by atoms with van der Waals surface area (Å²) in [5.74, 6) is 1.42. The molecule has 2 aromatic rings. The fourth-order valence-corrected chi connectivity index (χ4v) is 2.58. The van der Waals surface area contributed by atoms with E-state index in [1.54, 1.807) is 0 Å². The molecule has 0 aliphatic rings. The monoisotopic (exact) mass is 355 g/mol. The number of hydrogen-bond acceptors (Lipinski definition) is 3. The third-order valence-electron chi connectivity index (χ3n) is 4.16. The van der Waals surface area contributed by atoms with Gasteiger partial charge in [-0.2, -0.15) is 0 Å². The Morgan fingerprint density at radius 2 is 1.73 bits per heavy atom. The van der Waals surface area contributed by atoms with Crippen molar-refractivity contribution in [3.63, 3.8) is 0 Å². The lowest BCUT2D eigenvalue weighted by atomic mass is 10.1. The minimum atomic E-state index is -0.507. The van der Waals surface area contributed by atoms with Crippen molar-refractivity contribution in [2.45, 2.75) is 59.8 Å². The molecule has 1 amide bonds. The number of benzene rings is 2. The summed E-state index contributed by atoms with van der Waals surface area (Å²) in [4.78, 5) is 12.5. The molecule has 4 heteroatoms.